The van der Waals surface area contributed by atoms with Gasteiger partial charge in [0.1, 0.15) is 5.75 Å². The molecule has 1 aliphatic carbocycles. The van der Waals surface area contributed by atoms with Crippen molar-refractivity contribution in [2.45, 2.75) is 40.0 Å². The van der Waals surface area contributed by atoms with Gasteiger partial charge in [0.25, 0.3) is 0 Å². The maximum atomic E-state index is 5.21. The second-order valence-electron chi connectivity index (χ2n) is 5.26. The Bertz CT molecular complexity index is 514. The number of hydrogen-bond donors (Lipinski definition) is 0. The number of ether oxygens (including phenoxy) is 1. The van der Waals surface area contributed by atoms with Crippen molar-refractivity contribution in [3.63, 3.8) is 0 Å². The van der Waals surface area contributed by atoms with Crippen molar-refractivity contribution >= 4 is 0 Å². The largest absolute Gasteiger partial charge is 0.494 e. The van der Waals surface area contributed by atoms with Crippen molar-refractivity contribution in [1.82, 2.24) is 0 Å². The first-order chi connectivity index (χ1) is 9.72. The Morgan fingerprint density at radius 3 is 1.90 bits per heavy atom. The van der Waals surface area contributed by atoms with Gasteiger partial charge in [0, 0.05) is 0 Å². The van der Waals surface area contributed by atoms with E-state index in [2.05, 4.69) is 26.0 Å². The molecule has 1 heteroatoms. The topological polar surface area (TPSA) is 9.23 Å². The zero-order chi connectivity index (χ0) is 14.4. The fourth-order valence-corrected chi connectivity index (χ4v) is 2.75. The molecule has 0 bridgehead atoms. The van der Waals surface area contributed by atoms with Crippen molar-refractivity contribution < 1.29 is 4.74 Å². The first-order valence-corrected chi connectivity index (χ1v) is 7.48. The van der Waals surface area contributed by atoms with Gasteiger partial charge in [-0.3, -0.25) is 0 Å². The quantitative estimate of drug-likeness (QED) is 0.754. The molecule has 1 nitrogen and oxygen atoms in total. The third-order valence-corrected chi connectivity index (χ3v) is 3.81. The third kappa shape index (κ3) is 3.63. The molecule has 0 aliphatic heterocycles. The molecule has 3 rings (SSSR count). The highest BCUT2D eigenvalue weighted by atomic mass is 16.5. The Morgan fingerprint density at radius 2 is 1.40 bits per heavy atom. The summed E-state index contributed by atoms with van der Waals surface area (Å²) in [6, 6.07) is 14.3. The molecule has 0 aromatic heterocycles. The third-order valence-electron chi connectivity index (χ3n) is 3.81. The molecule has 0 heterocycles. The van der Waals surface area contributed by atoms with Gasteiger partial charge in [-0.15, -0.1) is 0 Å². The van der Waals surface area contributed by atoms with Crippen LogP contribution >= 0.6 is 0 Å². The lowest BCUT2D eigenvalue weighted by molar-refractivity contribution is 0.340. The van der Waals surface area contributed by atoms with Gasteiger partial charge in [-0.25, -0.2) is 0 Å². The zero-order valence-electron chi connectivity index (χ0n) is 12.8. The first-order valence-electron chi connectivity index (χ1n) is 7.48. The van der Waals surface area contributed by atoms with Crippen LogP contribution in [0.1, 0.15) is 35.6 Å². The molecule has 2 aromatic carbocycles. The molecule has 0 saturated heterocycles. The van der Waals surface area contributed by atoms with Crippen LogP contribution in [-0.2, 0) is 12.8 Å². The lowest BCUT2D eigenvalue weighted by atomic mass is 10.0. The van der Waals surface area contributed by atoms with E-state index in [4.69, 9.17) is 4.74 Å². The van der Waals surface area contributed by atoms with E-state index < -0.39 is 0 Å². The number of rotatable bonds is 2. The minimum atomic E-state index is 0.740. The van der Waals surface area contributed by atoms with Crippen LogP contribution in [0.25, 0.3) is 0 Å². The van der Waals surface area contributed by atoms with E-state index in [-0.39, 0.29) is 0 Å². The Balaban J connectivity index is 0.000000151. The van der Waals surface area contributed by atoms with E-state index in [1.807, 2.05) is 37.3 Å². The van der Waals surface area contributed by atoms with E-state index in [9.17, 15) is 0 Å². The van der Waals surface area contributed by atoms with Gasteiger partial charge in [-0.2, -0.15) is 0 Å². The molecular weight excluding hydrogens is 244 g/mol. The highest BCUT2D eigenvalue weighted by Crippen LogP contribution is 2.27. The van der Waals surface area contributed by atoms with Gasteiger partial charge < -0.3 is 4.74 Å². The zero-order valence-corrected chi connectivity index (χ0v) is 12.8. The summed E-state index contributed by atoms with van der Waals surface area (Å²) in [5.74, 6) is 0.944. The van der Waals surface area contributed by atoms with Crippen molar-refractivity contribution in [3.8, 4) is 5.75 Å². The number of aryl methyl sites for hydroxylation is 2. The summed E-state index contributed by atoms with van der Waals surface area (Å²) < 4.78 is 5.21. The Labute approximate surface area is 122 Å². The predicted octanol–water partition coefficient (Wildman–Crippen LogP) is 4.88. The van der Waals surface area contributed by atoms with Gasteiger partial charge in [-0.05, 0) is 74.4 Å². The molecule has 0 unspecified atom stereocenters. The molecular formula is C19H24O. The van der Waals surface area contributed by atoms with Crippen molar-refractivity contribution in [1.29, 1.82) is 0 Å². The minimum Gasteiger partial charge on any atom is -0.494 e. The lowest BCUT2D eigenvalue weighted by Gasteiger charge is -2.05. The molecule has 0 N–H and O–H groups in total. The van der Waals surface area contributed by atoms with Gasteiger partial charge in [-0.1, -0.05) is 30.3 Å². The fourth-order valence-electron chi connectivity index (χ4n) is 2.75. The van der Waals surface area contributed by atoms with Crippen LogP contribution in [0.4, 0.5) is 0 Å². The van der Waals surface area contributed by atoms with E-state index in [0.29, 0.717) is 0 Å². The fraction of sp³-hybridized carbons (Fsp3) is 0.368. The van der Waals surface area contributed by atoms with Gasteiger partial charge in [0.05, 0.1) is 6.61 Å². The van der Waals surface area contributed by atoms with Gasteiger partial charge in [0.15, 0.2) is 0 Å². The average Bonchev–Trinajstić information content (AvgIpc) is 2.96. The second kappa shape index (κ2) is 7.14. The molecule has 0 fully saturated rings. The van der Waals surface area contributed by atoms with Crippen LogP contribution < -0.4 is 4.74 Å². The summed E-state index contributed by atoms with van der Waals surface area (Å²) >= 11 is 0. The van der Waals surface area contributed by atoms with Crippen LogP contribution in [0.3, 0.4) is 0 Å². The molecule has 106 valence electrons. The SMILES string of the molecule is CCOc1ccccc1.Cc1ccc(C)c2c1CCC2. The van der Waals surface area contributed by atoms with Crippen LogP contribution in [-0.4, -0.2) is 6.61 Å². The van der Waals surface area contributed by atoms with Crippen LogP contribution in [0.15, 0.2) is 42.5 Å². The molecule has 0 saturated carbocycles. The van der Waals surface area contributed by atoms with E-state index in [0.717, 1.165) is 12.4 Å². The summed E-state index contributed by atoms with van der Waals surface area (Å²) in [4.78, 5) is 0. The van der Waals surface area contributed by atoms with Gasteiger partial charge in [0.2, 0.25) is 0 Å². The smallest absolute Gasteiger partial charge is 0.119 e. The molecule has 0 radical (unpaired) electrons. The normalized spacial score (nSPS) is 12.3. The van der Waals surface area contributed by atoms with E-state index in [1.54, 1.807) is 11.1 Å². The Kier molecular flexibility index (Phi) is 5.23. The number of para-hydroxylation sites is 1. The van der Waals surface area contributed by atoms with Crippen LogP contribution in [0, 0.1) is 13.8 Å². The first kappa shape index (κ1) is 14.6. The minimum absolute atomic E-state index is 0.740. The second-order valence-corrected chi connectivity index (χ2v) is 5.26. The van der Waals surface area contributed by atoms with Crippen molar-refractivity contribution in [3.05, 3.63) is 64.7 Å². The van der Waals surface area contributed by atoms with Crippen LogP contribution in [0.5, 0.6) is 5.75 Å². The Morgan fingerprint density at radius 1 is 0.850 bits per heavy atom. The molecule has 0 atom stereocenters. The van der Waals surface area contributed by atoms with E-state index >= 15 is 0 Å². The standard InChI is InChI=1S/C11H14.C8H10O/c1-8-6-7-9(2)11-5-3-4-10(8)11;1-2-9-8-6-4-3-5-7-8/h6-7H,3-5H2,1-2H3;3-7H,2H2,1H3. The summed E-state index contributed by atoms with van der Waals surface area (Å²) in [5.41, 5.74) is 6.24. The molecule has 20 heavy (non-hydrogen) atoms. The Hall–Kier alpha value is -1.76. The number of benzene rings is 2. The highest BCUT2D eigenvalue weighted by molar-refractivity contribution is 5.42. The highest BCUT2D eigenvalue weighted by Gasteiger charge is 2.13. The average molecular weight is 268 g/mol. The molecule has 2 aromatic rings. The van der Waals surface area contributed by atoms with Crippen molar-refractivity contribution in [2.75, 3.05) is 6.61 Å². The molecule has 1 aliphatic rings. The van der Waals surface area contributed by atoms with E-state index in [1.165, 1.54) is 30.4 Å². The molecule has 0 spiro atoms. The number of fused-ring (bicyclic) bond motifs is 1. The van der Waals surface area contributed by atoms with Crippen molar-refractivity contribution in [2.24, 2.45) is 0 Å². The maximum Gasteiger partial charge on any atom is 0.119 e. The van der Waals surface area contributed by atoms with Gasteiger partial charge >= 0.3 is 0 Å². The van der Waals surface area contributed by atoms with Crippen LogP contribution in [0.2, 0.25) is 0 Å². The maximum absolute atomic E-state index is 5.21. The lowest BCUT2D eigenvalue weighted by Crippen LogP contribution is -1.90. The monoisotopic (exact) mass is 268 g/mol. The summed E-state index contributed by atoms with van der Waals surface area (Å²) in [7, 11) is 0. The summed E-state index contributed by atoms with van der Waals surface area (Å²) in [6.45, 7) is 7.17. The summed E-state index contributed by atoms with van der Waals surface area (Å²) in [6.07, 6.45) is 3.98. The molecule has 0 amide bonds. The summed E-state index contributed by atoms with van der Waals surface area (Å²) in [5, 5.41) is 0. The predicted molar refractivity (Wildman–Crippen MR) is 85.6 cm³/mol. The number of hydrogen-bond acceptors (Lipinski definition) is 1.